The molecule has 3 fully saturated rings. The SMILES string of the molecule is CC(=O)N1CCCC1C1CCCN1C(C)C(=O)NCC1CCCCC1. The van der Waals surface area contributed by atoms with E-state index < -0.39 is 0 Å². The third-order valence-electron chi connectivity index (χ3n) is 6.66. The van der Waals surface area contributed by atoms with Gasteiger partial charge in [-0.25, -0.2) is 0 Å². The van der Waals surface area contributed by atoms with Crippen LogP contribution in [0.25, 0.3) is 0 Å². The third-order valence-corrected chi connectivity index (χ3v) is 6.66. The molecule has 5 heteroatoms. The van der Waals surface area contributed by atoms with Crippen LogP contribution in [0.4, 0.5) is 0 Å². The van der Waals surface area contributed by atoms with Gasteiger partial charge in [0.2, 0.25) is 11.8 Å². The second-order valence-electron chi connectivity index (χ2n) is 8.29. The molecule has 3 rings (SSSR count). The van der Waals surface area contributed by atoms with Gasteiger partial charge in [0.05, 0.1) is 6.04 Å². The molecule has 1 aliphatic carbocycles. The van der Waals surface area contributed by atoms with Crippen LogP contribution in [-0.2, 0) is 9.59 Å². The lowest BCUT2D eigenvalue weighted by atomic mass is 9.89. The molecule has 142 valence electrons. The van der Waals surface area contributed by atoms with Gasteiger partial charge in [0.15, 0.2) is 0 Å². The highest BCUT2D eigenvalue weighted by Gasteiger charge is 2.41. The summed E-state index contributed by atoms with van der Waals surface area (Å²) in [6.07, 6.45) is 10.9. The predicted molar refractivity (Wildman–Crippen MR) is 99.2 cm³/mol. The average Bonchev–Trinajstić information content (AvgIpc) is 3.28. The standard InChI is InChI=1S/C20H35N3O2/c1-15(20(25)21-14-17-8-4-3-5-9-17)22-12-6-10-18(22)19-11-7-13-23(19)16(2)24/h15,17-19H,3-14H2,1-2H3,(H,21,25). The van der Waals surface area contributed by atoms with Gasteiger partial charge in [-0.3, -0.25) is 14.5 Å². The first-order valence-electron chi connectivity index (χ1n) is 10.4. The second-order valence-corrected chi connectivity index (χ2v) is 8.29. The van der Waals surface area contributed by atoms with Crippen molar-refractivity contribution in [2.45, 2.75) is 89.8 Å². The summed E-state index contributed by atoms with van der Waals surface area (Å²) in [5.74, 6) is 1.02. The van der Waals surface area contributed by atoms with E-state index in [2.05, 4.69) is 10.2 Å². The first kappa shape index (κ1) is 18.7. The number of carbonyl (C=O) groups is 2. The summed E-state index contributed by atoms with van der Waals surface area (Å²) in [7, 11) is 0. The summed E-state index contributed by atoms with van der Waals surface area (Å²) in [5, 5.41) is 3.21. The minimum Gasteiger partial charge on any atom is -0.354 e. The second kappa shape index (κ2) is 8.52. The fourth-order valence-electron chi connectivity index (χ4n) is 5.23. The Bertz CT molecular complexity index is 476. The number of carbonyl (C=O) groups excluding carboxylic acids is 2. The summed E-state index contributed by atoms with van der Waals surface area (Å²) in [4.78, 5) is 29.0. The van der Waals surface area contributed by atoms with Crippen molar-refractivity contribution in [2.24, 2.45) is 5.92 Å². The average molecular weight is 350 g/mol. The van der Waals surface area contributed by atoms with Crippen LogP contribution >= 0.6 is 0 Å². The van der Waals surface area contributed by atoms with Crippen molar-refractivity contribution >= 4 is 11.8 Å². The van der Waals surface area contributed by atoms with Crippen LogP contribution in [0, 0.1) is 5.92 Å². The number of hydrogen-bond donors (Lipinski definition) is 1. The molecule has 0 radical (unpaired) electrons. The molecular formula is C20H35N3O2. The molecular weight excluding hydrogens is 314 g/mol. The number of nitrogens with one attached hydrogen (secondary N) is 1. The van der Waals surface area contributed by atoms with E-state index in [0.717, 1.165) is 45.3 Å². The van der Waals surface area contributed by atoms with Gasteiger partial charge in [-0.1, -0.05) is 19.3 Å². The molecule has 0 aromatic rings. The van der Waals surface area contributed by atoms with Crippen LogP contribution < -0.4 is 5.32 Å². The number of amides is 2. The van der Waals surface area contributed by atoms with Crippen LogP contribution in [0.5, 0.6) is 0 Å². The van der Waals surface area contributed by atoms with Crippen molar-refractivity contribution < 1.29 is 9.59 Å². The van der Waals surface area contributed by atoms with E-state index in [4.69, 9.17) is 0 Å². The van der Waals surface area contributed by atoms with E-state index in [9.17, 15) is 9.59 Å². The highest BCUT2D eigenvalue weighted by atomic mass is 16.2. The summed E-state index contributed by atoms with van der Waals surface area (Å²) in [5.41, 5.74) is 0. The van der Waals surface area contributed by atoms with Crippen LogP contribution in [-0.4, -0.2) is 59.4 Å². The molecule has 0 bridgehead atoms. The molecule has 1 N–H and O–H groups in total. The summed E-state index contributed by atoms with van der Waals surface area (Å²) in [6.45, 7) is 6.42. The summed E-state index contributed by atoms with van der Waals surface area (Å²) in [6, 6.07) is 0.556. The van der Waals surface area contributed by atoms with E-state index in [1.165, 1.54) is 32.1 Å². The monoisotopic (exact) mass is 349 g/mol. The van der Waals surface area contributed by atoms with Crippen molar-refractivity contribution in [3.63, 3.8) is 0 Å². The van der Waals surface area contributed by atoms with E-state index >= 15 is 0 Å². The summed E-state index contributed by atoms with van der Waals surface area (Å²) < 4.78 is 0. The number of likely N-dealkylation sites (tertiary alicyclic amines) is 2. The zero-order valence-electron chi connectivity index (χ0n) is 16.0. The molecule has 1 saturated carbocycles. The first-order valence-corrected chi connectivity index (χ1v) is 10.4. The fraction of sp³-hybridized carbons (Fsp3) is 0.900. The molecule has 3 unspecified atom stereocenters. The third kappa shape index (κ3) is 4.36. The van der Waals surface area contributed by atoms with Gasteiger partial charge >= 0.3 is 0 Å². The number of rotatable bonds is 5. The Morgan fingerprint density at radius 1 is 0.960 bits per heavy atom. The predicted octanol–water partition coefficient (Wildman–Crippen LogP) is 2.55. The highest BCUT2D eigenvalue weighted by molar-refractivity contribution is 5.81. The Kier molecular flexibility index (Phi) is 6.37. The van der Waals surface area contributed by atoms with Gasteiger partial charge < -0.3 is 10.2 Å². The molecule has 2 amide bonds. The lowest BCUT2D eigenvalue weighted by Gasteiger charge is -2.37. The first-order chi connectivity index (χ1) is 12.1. The van der Waals surface area contributed by atoms with Gasteiger partial charge in [0, 0.05) is 32.1 Å². The summed E-state index contributed by atoms with van der Waals surface area (Å²) >= 11 is 0. The van der Waals surface area contributed by atoms with Gasteiger partial charge in [-0.15, -0.1) is 0 Å². The van der Waals surface area contributed by atoms with Crippen molar-refractivity contribution in [2.75, 3.05) is 19.6 Å². The maximum Gasteiger partial charge on any atom is 0.237 e. The largest absolute Gasteiger partial charge is 0.354 e. The number of nitrogens with zero attached hydrogens (tertiary/aromatic N) is 2. The van der Waals surface area contributed by atoms with Crippen molar-refractivity contribution in [1.82, 2.24) is 15.1 Å². The van der Waals surface area contributed by atoms with E-state index in [1.807, 2.05) is 11.8 Å². The Balaban J connectivity index is 1.55. The maximum absolute atomic E-state index is 12.7. The minimum absolute atomic E-state index is 0.0921. The van der Waals surface area contributed by atoms with Gasteiger partial charge in [-0.2, -0.15) is 0 Å². The smallest absolute Gasteiger partial charge is 0.237 e. The Hall–Kier alpha value is -1.10. The minimum atomic E-state index is -0.0921. The molecule has 2 heterocycles. The van der Waals surface area contributed by atoms with Gasteiger partial charge in [0.25, 0.3) is 0 Å². The molecule has 2 aliphatic heterocycles. The Labute approximate surface area is 152 Å². The zero-order valence-corrected chi connectivity index (χ0v) is 16.0. The molecule has 0 aromatic carbocycles. The van der Waals surface area contributed by atoms with E-state index in [0.29, 0.717) is 18.0 Å². The van der Waals surface area contributed by atoms with Crippen LogP contribution in [0.15, 0.2) is 0 Å². The van der Waals surface area contributed by atoms with Crippen LogP contribution in [0.3, 0.4) is 0 Å². The van der Waals surface area contributed by atoms with Gasteiger partial charge in [0.1, 0.15) is 0 Å². The molecule has 3 aliphatic rings. The number of hydrogen-bond acceptors (Lipinski definition) is 3. The molecule has 0 aromatic heterocycles. The van der Waals surface area contributed by atoms with Crippen molar-refractivity contribution in [1.29, 1.82) is 0 Å². The molecule has 5 nitrogen and oxygen atoms in total. The molecule has 3 atom stereocenters. The maximum atomic E-state index is 12.7. The van der Waals surface area contributed by atoms with E-state index in [1.54, 1.807) is 6.92 Å². The van der Waals surface area contributed by atoms with Gasteiger partial charge in [-0.05, 0) is 57.9 Å². The lowest BCUT2D eigenvalue weighted by Crippen LogP contribution is -2.54. The molecule has 25 heavy (non-hydrogen) atoms. The van der Waals surface area contributed by atoms with Crippen molar-refractivity contribution in [3.05, 3.63) is 0 Å². The normalized spacial score (nSPS) is 29.8. The van der Waals surface area contributed by atoms with Crippen molar-refractivity contribution in [3.8, 4) is 0 Å². The lowest BCUT2D eigenvalue weighted by molar-refractivity contribution is -0.131. The molecule has 0 spiro atoms. The Morgan fingerprint density at radius 3 is 2.36 bits per heavy atom. The van der Waals surface area contributed by atoms with Crippen LogP contribution in [0.1, 0.15) is 71.6 Å². The topological polar surface area (TPSA) is 52.7 Å². The highest BCUT2D eigenvalue weighted by Crippen LogP contribution is 2.31. The van der Waals surface area contributed by atoms with Crippen LogP contribution in [0.2, 0.25) is 0 Å². The fourth-order valence-corrected chi connectivity index (χ4v) is 5.23. The molecule has 2 saturated heterocycles. The zero-order chi connectivity index (χ0) is 17.8. The Morgan fingerprint density at radius 2 is 1.64 bits per heavy atom. The van der Waals surface area contributed by atoms with E-state index in [-0.39, 0.29) is 17.9 Å². The quantitative estimate of drug-likeness (QED) is 0.830.